The molecule has 6 heterocycles. The Hall–Kier alpha value is -4.51. The molecule has 0 saturated carbocycles. The van der Waals surface area contributed by atoms with Crippen LogP contribution in [0.4, 0.5) is 14.6 Å². The molecule has 320 valence electrons. The minimum atomic E-state index is -5.53. The van der Waals surface area contributed by atoms with Gasteiger partial charge in [-0.1, -0.05) is 29.8 Å². The number of nitrogen functional groups attached to an aromatic ring is 1. The molecule has 6 N–H and O–H groups in total. The van der Waals surface area contributed by atoms with Gasteiger partial charge in [-0.3, -0.25) is 32.7 Å². The lowest BCUT2D eigenvalue weighted by Crippen LogP contribution is -2.47. The third-order valence-electron chi connectivity index (χ3n) is 9.61. The first-order valence-electron chi connectivity index (χ1n) is 17.8. The molecule has 4 aliphatic rings. The van der Waals surface area contributed by atoms with E-state index in [1.54, 1.807) is 36.4 Å². The molecular formula is C35H37F2N7O13P2S. The van der Waals surface area contributed by atoms with E-state index < -0.39 is 101 Å². The van der Waals surface area contributed by atoms with E-state index in [-0.39, 0.29) is 34.6 Å². The maximum atomic E-state index is 16.7. The van der Waals surface area contributed by atoms with Crippen molar-refractivity contribution in [1.82, 2.24) is 30.6 Å². The number of aromatic nitrogens is 4. The van der Waals surface area contributed by atoms with Gasteiger partial charge < -0.3 is 40.0 Å². The minimum absolute atomic E-state index is 0. The van der Waals surface area contributed by atoms with Gasteiger partial charge in [-0.05, 0) is 54.2 Å². The monoisotopic (exact) mass is 895 g/mol. The van der Waals surface area contributed by atoms with Gasteiger partial charge >= 0.3 is 12.8 Å². The number of carbonyl (C=O) groups excluding carboxylic acids is 3. The third kappa shape index (κ3) is 9.07. The summed E-state index contributed by atoms with van der Waals surface area (Å²) in [5.41, 5.74) is 7.89. The molecule has 4 aliphatic heterocycles. The van der Waals surface area contributed by atoms with Crippen LogP contribution in [-0.4, -0.2) is 98.3 Å². The summed E-state index contributed by atoms with van der Waals surface area (Å²) in [6.45, 7) is -4.62. The summed E-state index contributed by atoms with van der Waals surface area (Å²) in [6, 6.07) is 12.9. The van der Waals surface area contributed by atoms with Crippen LogP contribution in [0.3, 0.4) is 0 Å². The number of anilines is 1. The number of benzene rings is 2. The number of ether oxygens (including phenoxy) is 3. The fourth-order valence-electron chi connectivity index (χ4n) is 6.59. The van der Waals surface area contributed by atoms with Crippen molar-refractivity contribution in [2.45, 2.75) is 68.3 Å². The lowest BCUT2D eigenvalue weighted by Gasteiger charge is -2.34. The van der Waals surface area contributed by atoms with E-state index >= 15 is 8.78 Å². The van der Waals surface area contributed by atoms with Gasteiger partial charge in [0, 0.05) is 12.0 Å². The highest BCUT2D eigenvalue weighted by atomic mass is 32.7. The number of halogens is 2. The number of nitrogens with two attached hydrogens (primary N) is 1. The van der Waals surface area contributed by atoms with Crippen molar-refractivity contribution in [2.24, 2.45) is 0 Å². The zero-order chi connectivity index (χ0) is 41.6. The zero-order valence-corrected chi connectivity index (χ0v) is 34.2. The van der Waals surface area contributed by atoms with Crippen LogP contribution in [0, 0.1) is 6.92 Å². The van der Waals surface area contributed by atoms with Crippen LogP contribution in [0.15, 0.2) is 73.5 Å². The van der Waals surface area contributed by atoms with Crippen molar-refractivity contribution in [3.8, 4) is 5.75 Å². The molecule has 60 heavy (non-hydrogen) atoms. The first kappa shape index (κ1) is 43.6. The fourth-order valence-corrected chi connectivity index (χ4v) is 10.9. The fraction of sp³-hybridized carbons (Fsp3) is 0.371. The second-order valence-electron chi connectivity index (χ2n) is 13.7. The van der Waals surface area contributed by atoms with Gasteiger partial charge in [0.05, 0.1) is 31.5 Å². The van der Waals surface area contributed by atoms with Crippen LogP contribution in [0.25, 0.3) is 11.2 Å². The average Bonchev–Trinajstić information content (AvgIpc) is 3.86. The van der Waals surface area contributed by atoms with E-state index in [0.29, 0.717) is 22.5 Å². The third-order valence-corrected chi connectivity index (χ3v) is 14.2. The Balaban J connectivity index is 0.00000544. The molecule has 2 aromatic carbocycles. The van der Waals surface area contributed by atoms with Gasteiger partial charge in [-0.2, -0.15) is 0 Å². The highest BCUT2D eigenvalue weighted by Gasteiger charge is 2.55. The molecule has 4 aromatic rings. The number of aryl methyl sites for hydroxylation is 1. The molecule has 2 aromatic heterocycles. The number of fused-ring (bicyclic) bond motifs is 4. The van der Waals surface area contributed by atoms with Gasteiger partial charge in [-0.15, -0.1) is 0 Å². The number of phosphoric acid groups is 1. The van der Waals surface area contributed by atoms with E-state index in [1.807, 2.05) is 6.92 Å². The number of allylic oxidation sites excluding steroid dienone is 1. The van der Waals surface area contributed by atoms with Crippen LogP contribution in [0.1, 0.15) is 34.1 Å². The molecule has 0 radical (unpaired) electrons. The molecule has 8 rings (SSSR count). The Morgan fingerprint density at radius 2 is 1.67 bits per heavy atom. The highest BCUT2D eigenvalue weighted by Crippen LogP contribution is 2.64. The number of amides is 1. The number of esters is 1. The molecule has 3 fully saturated rings. The SMILES string of the molecule is Cc1ccc(C(=O)Oc2ccc(CS[P@@]3(=O)OC[C@H]4O[C@@H](N5C=CC(=O)CC5=O)[C@H](OP(=O)([O-])OC[C@H]5O[C@@H](n6cnc7c(N)ncnc76)[C@H](F)[C@@H]5O3)[C@@H]4F)cc2)cc1.[NH4+]. The van der Waals surface area contributed by atoms with Crippen molar-refractivity contribution in [3.05, 3.63) is 90.2 Å². The number of phosphoric ester groups is 1. The lowest BCUT2D eigenvalue weighted by atomic mass is 10.1. The quantitative estimate of drug-likeness (QED) is 0.113. The largest absolute Gasteiger partial charge is 0.756 e. The van der Waals surface area contributed by atoms with E-state index in [0.717, 1.165) is 33.6 Å². The Morgan fingerprint density at radius 3 is 2.40 bits per heavy atom. The van der Waals surface area contributed by atoms with E-state index in [4.69, 9.17) is 38.0 Å². The summed E-state index contributed by atoms with van der Waals surface area (Å²) in [7, 11) is -5.53. The predicted molar refractivity (Wildman–Crippen MR) is 204 cm³/mol. The van der Waals surface area contributed by atoms with Crippen LogP contribution in [0.2, 0.25) is 0 Å². The van der Waals surface area contributed by atoms with Gasteiger partial charge in [0.2, 0.25) is 5.91 Å². The summed E-state index contributed by atoms with van der Waals surface area (Å²) < 4.78 is 101. The Bertz CT molecular complexity index is 2400. The number of hydrogen-bond acceptors (Lipinski definition) is 18. The standard InChI is InChI=1S/C35H34F2N6O13P2S.H3N/c1-18-2-6-20(7-3-18)35(46)52-22-8-4-19(5-9-22)15-59-58(49)51-13-23-26(36)30(34(53-23)42-11-10-21(44)12-25(42)45)55-57(47,48)50-14-24-29(56-58)27(37)33(54-24)43-17-41-28-31(38)39-16-40-32(28)43;/h2-11,16-17,23-24,26-27,29-30,33-34H,12-15H2,1H3,(H,47,48)(H2,38,39,40);1H3/t23-,24-,26-,27-,29-,30-,33-,34-,58+;/m1./s1. The normalized spacial score (nSPS) is 32.1. The summed E-state index contributed by atoms with van der Waals surface area (Å²) in [4.78, 5) is 63.4. The molecular weight excluding hydrogens is 858 g/mol. The van der Waals surface area contributed by atoms with E-state index in [2.05, 4.69) is 15.0 Å². The number of rotatable bonds is 7. The molecule has 1 unspecified atom stereocenters. The minimum Gasteiger partial charge on any atom is -0.756 e. The first-order chi connectivity index (χ1) is 28.2. The highest BCUT2D eigenvalue weighted by molar-refractivity contribution is 8.54. The van der Waals surface area contributed by atoms with Gasteiger partial charge in [0.25, 0.3) is 7.82 Å². The first-order valence-corrected chi connectivity index (χ1v) is 22.4. The van der Waals surface area contributed by atoms with Crippen molar-refractivity contribution in [3.63, 3.8) is 0 Å². The topological polar surface area (TPSA) is 282 Å². The van der Waals surface area contributed by atoms with Crippen LogP contribution < -0.4 is 21.5 Å². The molecule has 1 amide bonds. The van der Waals surface area contributed by atoms with Crippen LogP contribution in [0.5, 0.6) is 5.75 Å². The number of nitrogens with zero attached hydrogens (tertiary/aromatic N) is 5. The van der Waals surface area contributed by atoms with E-state index in [1.165, 1.54) is 18.5 Å². The summed E-state index contributed by atoms with van der Waals surface area (Å²) in [5.74, 6) is -1.90. The van der Waals surface area contributed by atoms with Crippen LogP contribution in [-0.2, 0) is 52.0 Å². The number of alkyl halides is 2. The number of carbonyl (C=O) groups is 3. The average molecular weight is 896 g/mol. The lowest BCUT2D eigenvalue weighted by molar-refractivity contribution is -0.237. The number of hydrogen-bond donors (Lipinski definition) is 2. The Morgan fingerprint density at radius 1 is 0.950 bits per heavy atom. The van der Waals surface area contributed by atoms with Gasteiger partial charge in [0.1, 0.15) is 42.0 Å². The molecule has 10 atom stereocenters. The maximum absolute atomic E-state index is 16.7. The second kappa shape index (κ2) is 17.5. The predicted octanol–water partition coefficient (Wildman–Crippen LogP) is 4.25. The molecule has 0 aliphatic carbocycles. The molecule has 20 nitrogen and oxygen atoms in total. The smallest absolute Gasteiger partial charge is 0.389 e. The number of imidazole rings is 1. The Labute approximate surface area is 343 Å². The number of ketones is 1. The Kier molecular flexibility index (Phi) is 12.7. The van der Waals surface area contributed by atoms with Crippen molar-refractivity contribution >= 4 is 60.6 Å². The van der Waals surface area contributed by atoms with Crippen molar-refractivity contribution < 1.29 is 69.5 Å². The second-order valence-corrected chi connectivity index (χ2v) is 19.1. The van der Waals surface area contributed by atoms with Crippen molar-refractivity contribution in [2.75, 3.05) is 18.9 Å². The maximum Gasteiger partial charge on any atom is 0.389 e. The zero-order valence-electron chi connectivity index (χ0n) is 31.6. The van der Waals surface area contributed by atoms with Gasteiger partial charge in [0.15, 0.2) is 42.0 Å². The summed E-state index contributed by atoms with van der Waals surface area (Å²) in [5, 5.41) is 0. The van der Waals surface area contributed by atoms with Crippen LogP contribution >= 0.6 is 26.0 Å². The summed E-state index contributed by atoms with van der Waals surface area (Å²) in [6.07, 6.45) is -11.5. The van der Waals surface area contributed by atoms with E-state index in [9.17, 15) is 28.4 Å². The molecule has 0 spiro atoms. The molecule has 3 saturated heterocycles. The summed E-state index contributed by atoms with van der Waals surface area (Å²) >= 11 is 0.583. The number of quaternary nitrogens is 1. The van der Waals surface area contributed by atoms with Gasteiger partial charge in [-0.25, -0.2) is 33.1 Å². The van der Waals surface area contributed by atoms with Crippen molar-refractivity contribution in [1.29, 1.82) is 0 Å². The molecule has 25 heteroatoms. The molecule has 2 bridgehead atoms.